The number of halogens is 2. The number of aromatic nitrogens is 2. The Hall–Kier alpha value is -1.49. The fraction of sp³-hybridized carbons (Fsp3) is 0.286. The largest absolute Gasteiger partial charge is 0.298 e. The molecule has 0 fully saturated rings. The van der Waals surface area contributed by atoms with Crippen LogP contribution in [0.5, 0.6) is 0 Å². The van der Waals surface area contributed by atoms with Gasteiger partial charge in [-0.3, -0.25) is 9.48 Å². The maximum Gasteiger partial charge on any atom is 0.153 e. The predicted octanol–water partition coefficient (Wildman–Crippen LogP) is 4.06. The summed E-state index contributed by atoms with van der Waals surface area (Å²) in [5, 5.41) is 4.31. The number of benzene rings is 1. The van der Waals surface area contributed by atoms with Gasteiger partial charge >= 0.3 is 0 Å². The van der Waals surface area contributed by atoms with Crippen LogP contribution in [0.15, 0.2) is 28.9 Å². The minimum atomic E-state index is -0.391. The number of carbonyl (C=O) groups excluding carboxylic acids is 1. The van der Waals surface area contributed by atoms with Gasteiger partial charge in [0.2, 0.25) is 0 Å². The molecule has 0 amide bonds. The van der Waals surface area contributed by atoms with Crippen molar-refractivity contribution in [1.82, 2.24) is 9.78 Å². The van der Waals surface area contributed by atoms with Crippen LogP contribution in [0.2, 0.25) is 0 Å². The Labute approximate surface area is 119 Å². The van der Waals surface area contributed by atoms with Gasteiger partial charge in [0.15, 0.2) is 6.29 Å². The van der Waals surface area contributed by atoms with Crippen LogP contribution in [0.3, 0.4) is 0 Å². The van der Waals surface area contributed by atoms with Crippen molar-refractivity contribution in [3.05, 3.63) is 40.2 Å². The minimum Gasteiger partial charge on any atom is -0.298 e. The zero-order chi connectivity index (χ0) is 13.8. The van der Waals surface area contributed by atoms with E-state index in [1.807, 2.05) is 0 Å². The van der Waals surface area contributed by atoms with Crippen LogP contribution in [-0.4, -0.2) is 16.1 Å². The Balaban J connectivity index is 2.42. The van der Waals surface area contributed by atoms with Crippen LogP contribution in [0, 0.1) is 5.82 Å². The van der Waals surface area contributed by atoms with Gasteiger partial charge in [-0.1, -0.05) is 29.3 Å². The van der Waals surface area contributed by atoms with E-state index in [2.05, 4.69) is 28.0 Å². The molecule has 1 aromatic heterocycles. The second-order valence-corrected chi connectivity index (χ2v) is 5.21. The molecule has 0 unspecified atom stereocenters. The first kappa shape index (κ1) is 13.9. The molecule has 1 aromatic carbocycles. The summed E-state index contributed by atoms with van der Waals surface area (Å²) >= 11 is 3.21. The Bertz CT molecular complexity index is 595. The number of aldehydes is 1. The molecule has 0 saturated carbocycles. The van der Waals surface area contributed by atoms with Gasteiger partial charge in [0.05, 0.1) is 5.56 Å². The summed E-state index contributed by atoms with van der Waals surface area (Å²) in [4.78, 5) is 11.1. The lowest BCUT2D eigenvalue weighted by Crippen LogP contribution is -1.98. The number of nitrogens with zero attached hydrogens (tertiary/aromatic N) is 2. The highest BCUT2D eigenvalue weighted by Gasteiger charge is 2.14. The van der Waals surface area contributed by atoms with Gasteiger partial charge in [0.1, 0.15) is 11.5 Å². The second kappa shape index (κ2) is 6.10. The molecule has 100 valence electrons. The molecule has 0 N–H and O–H groups in total. The van der Waals surface area contributed by atoms with E-state index in [-0.39, 0.29) is 0 Å². The maximum absolute atomic E-state index is 13.9. The highest BCUT2D eigenvalue weighted by Crippen LogP contribution is 2.26. The van der Waals surface area contributed by atoms with Crippen molar-refractivity contribution in [2.24, 2.45) is 0 Å². The summed E-state index contributed by atoms with van der Waals surface area (Å²) in [5.74, 6) is -0.391. The molecule has 0 spiro atoms. The highest BCUT2D eigenvalue weighted by molar-refractivity contribution is 9.10. The summed E-state index contributed by atoms with van der Waals surface area (Å²) in [7, 11) is 0. The Kier molecular flexibility index (Phi) is 4.47. The minimum absolute atomic E-state index is 0.348. The van der Waals surface area contributed by atoms with E-state index in [9.17, 15) is 9.18 Å². The molecular formula is C14H14BrFN2O. The van der Waals surface area contributed by atoms with E-state index < -0.39 is 5.82 Å². The third-order valence-corrected chi connectivity index (χ3v) is 3.34. The molecule has 0 bridgehead atoms. The molecule has 1 heterocycles. The standard InChI is InChI=1S/C14H14BrFN2O/c1-2-3-6-18-8-10(9-19)14(17-18)12-5-4-11(15)7-13(12)16/h4-5,7-9H,2-3,6H2,1H3. The first-order valence-electron chi connectivity index (χ1n) is 6.13. The van der Waals surface area contributed by atoms with Crippen molar-refractivity contribution in [2.45, 2.75) is 26.3 Å². The molecule has 0 saturated heterocycles. The van der Waals surface area contributed by atoms with Crippen LogP contribution < -0.4 is 0 Å². The number of unbranched alkanes of at least 4 members (excludes halogenated alkanes) is 1. The zero-order valence-corrected chi connectivity index (χ0v) is 12.2. The number of hydrogen-bond donors (Lipinski definition) is 0. The Morgan fingerprint density at radius 3 is 2.89 bits per heavy atom. The lowest BCUT2D eigenvalue weighted by atomic mass is 10.1. The third kappa shape index (κ3) is 3.10. The number of rotatable bonds is 5. The van der Waals surface area contributed by atoms with Crippen LogP contribution >= 0.6 is 15.9 Å². The van der Waals surface area contributed by atoms with Crippen LogP contribution in [0.1, 0.15) is 30.1 Å². The van der Waals surface area contributed by atoms with E-state index >= 15 is 0 Å². The first-order chi connectivity index (χ1) is 9.15. The highest BCUT2D eigenvalue weighted by atomic mass is 79.9. The third-order valence-electron chi connectivity index (χ3n) is 2.84. The van der Waals surface area contributed by atoms with Crippen LogP contribution in [-0.2, 0) is 6.54 Å². The van der Waals surface area contributed by atoms with Crippen molar-refractivity contribution in [2.75, 3.05) is 0 Å². The van der Waals surface area contributed by atoms with Gasteiger partial charge in [-0.2, -0.15) is 5.10 Å². The lowest BCUT2D eigenvalue weighted by Gasteiger charge is -2.01. The summed E-state index contributed by atoms with van der Waals surface area (Å²) in [6.07, 6.45) is 4.40. The topological polar surface area (TPSA) is 34.9 Å². The second-order valence-electron chi connectivity index (χ2n) is 4.29. The van der Waals surface area contributed by atoms with Crippen LogP contribution in [0.4, 0.5) is 4.39 Å². The normalized spacial score (nSPS) is 10.7. The molecule has 0 aliphatic carbocycles. The molecule has 0 aliphatic heterocycles. The number of hydrogen-bond acceptors (Lipinski definition) is 2. The van der Waals surface area contributed by atoms with Crippen molar-refractivity contribution < 1.29 is 9.18 Å². The zero-order valence-electron chi connectivity index (χ0n) is 10.6. The smallest absolute Gasteiger partial charge is 0.153 e. The molecule has 2 rings (SSSR count). The maximum atomic E-state index is 13.9. The molecule has 5 heteroatoms. The number of carbonyl (C=O) groups is 1. The first-order valence-corrected chi connectivity index (χ1v) is 6.93. The summed E-state index contributed by atoms with van der Waals surface area (Å²) in [6, 6.07) is 4.73. The van der Waals surface area contributed by atoms with Gasteiger partial charge in [-0.15, -0.1) is 0 Å². The van der Waals surface area contributed by atoms with E-state index in [1.54, 1.807) is 23.0 Å². The van der Waals surface area contributed by atoms with Gasteiger partial charge in [0, 0.05) is 22.8 Å². The van der Waals surface area contributed by atoms with E-state index in [0.29, 0.717) is 27.6 Å². The SMILES string of the molecule is CCCCn1cc(C=O)c(-c2ccc(Br)cc2F)n1. The molecule has 0 atom stereocenters. The lowest BCUT2D eigenvalue weighted by molar-refractivity contribution is 0.112. The number of aryl methyl sites for hydroxylation is 1. The molecule has 0 aliphatic rings. The van der Waals surface area contributed by atoms with Crippen molar-refractivity contribution in [3.63, 3.8) is 0 Å². The summed E-state index contributed by atoms with van der Waals surface area (Å²) in [5.41, 5.74) is 1.16. The molecule has 0 radical (unpaired) electrons. The van der Waals surface area contributed by atoms with Gasteiger partial charge in [-0.05, 0) is 24.6 Å². The van der Waals surface area contributed by atoms with E-state index in [1.165, 1.54) is 6.07 Å². The molecule has 3 nitrogen and oxygen atoms in total. The van der Waals surface area contributed by atoms with Crippen molar-refractivity contribution in [3.8, 4) is 11.3 Å². The average Bonchev–Trinajstić information content (AvgIpc) is 2.79. The molecule has 19 heavy (non-hydrogen) atoms. The van der Waals surface area contributed by atoms with Crippen molar-refractivity contribution in [1.29, 1.82) is 0 Å². The fourth-order valence-electron chi connectivity index (χ4n) is 1.85. The van der Waals surface area contributed by atoms with Crippen molar-refractivity contribution >= 4 is 22.2 Å². The van der Waals surface area contributed by atoms with E-state index in [0.717, 1.165) is 19.4 Å². The fourth-order valence-corrected chi connectivity index (χ4v) is 2.18. The Morgan fingerprint density at radius 2 is 2.26 bits per heavy atom. The van der Waals surface area contributed by atoms with Gasteiger partial charge in [-0.25, -0.2) is 4.39 Å². The van der Waals surface area contributed by atoms with E-state index in [4.69, 9.17) is 0 Å². The average molecular weight is 325 g/mol. The monoisotopic (exact) mass is 324 g/mol. The molecular weight excluding hydrogens is 311 g/mol. The summed E-state index contributed by atoms with van der Waals surface area (Å²) < 4.78 is 16.3. The quantitative estimate of drug-likeness (QED) is 0.777. The Morgan fingerprint density at radius 1 is 1.47 bits per heavy atom. The predicted molar refractivity (Wildman–Crippen MR) is 75.6 cm³/mol. The molecule has 2 aromatic rings. The van der Waals surface area contributed by atoms with Gasteiger partial charge in [0.25, 0.3) is 0 Å². The van der Waals surface area contributed by atoms with Crippen LogP contribution in [0.25, 0.3) is 11.3 Å². The summed E-state index contributed by atoms with van der Waals surface area (Å²) in [6.45, 7) is 2.81. The van der Waals surface area contributed by atoms with Gasteiger partial charge < -0.3 is 0 Å².